The van der Waals surface area contributed by atoms with Crippen LogP contribution < -0.4 is 0 Å². The topological polar surface area (TPSA) is 77.8 Å². The smallest absolute Gasteiger partial charge is 0.297 e. The Labute approximate surface area is 152 Å². The molecule has 0 aromatic heterocycles. The minimum absolute atomic E-state index is 0.672. The molecule has 0 spiro atoms. The van der Waals surface area contributed by atoms with Crippen molar-refractivity contribution < 1.29 is 17.5 Å². The van der Waals surface area contributed by atoms with E-state index in [-0.39, 0.29) is 0 Å². The first-order valence-corrected chi connectivity index (χ1v) is 10.2. The molecule has 24 heavy (non-hydrogen) atoms. The van der Waals surface area contributed by atoms with Gasteiger partial charge in [-0.15, -0.1) is 0 Å². The van der Waals surface area contributed by atoms with Crippen molar-refractivity contribution in [3.05, 3.63) is 33.8 Å². The summed E-state index contributed by atoms with van der Waals surface area (Å²) in [6.07, 6.45) is 4.10. The molecule has 6 atom stereocenters. The Bertz CT molecular complexity index is 719. The molecule has 4 bridgehead atoms. The summed E-state index contributed by atoms with van der Waals surface area (Å²) in [7, 11) is -4.67. The fourth-order valence-electron chi connectivity index (χ4n) is 4.97. The maximum Gasteiger partial charge on any atom is 0.394 e. The first-order chi connectivity index (χ1) is 11.1. The van der Waals surface area contributed by atoms with Crippen LogP contribution >= 0.6 is 23.2 Å². The molecule has 1 aromatic rings. The number of piperidine rings is 1. The SMILES string of the molecule is CC1CN2[C@H]3CC[C@@H]2[C@H]1[C@@H](c1ccc(Cl)c(Cl)c1)C3.O=S(=O)(O)O. The van der Waals surface area contributed by atoms with E-state index in [2.05, 4.69) is 24.0 Å². The zero-order valence-corrected chi connectivity index (χ0v) is 15.6. The van der Waals surface area contributed by atoms with E-state index in [0.717, 1.165) is 23.9 Å². The quantitative estimate of drug-likeness (QED) is 0.706. The Morgan fingerprint density at radius 3 is 2.46 bits per heavy atom. The lowest BCUT2D eigenvalue weighted by molar-refractivity contribution is 0.150. The number of nitrogens with zero attached hydrogens (tertiary/aromatic N) is 1. The van der Waals surface area contributed by atoms with Gasteiger partial charge < -0.3 is 0 Å². The van der Waals surface area contributed by atoms with Crippen LogP contribution in [0.2, 0.25) is 10.0 Å². The van der Waals surface area contributed by atoms with Crippen molar-refractivity contribution in [2.24, 2.45) is 11.8 Å². The van der Waals surface area contributed by atoms with Gasteiger partial charge in [-0.25, -0.2) is 0 Å². The van der Waals surface area contributed by atoms with Gasteiger partial charge in [-0.05, 0) is 54.7 Å². The molecule has 3 fully saturated rings. The van der Waals surface area contributed by atoms with Gasteiger partial charge in [0.15, 0.2) is 0 Å². The van der Waals surface area contributed by atoms with Crippen LogP contribution in [0.5, 0.6) is 0 Å². The van der Waals surface area contributed by atoms with Crippen LogP contribution in [-0.2, 0) is 10.4 Å². The number of halogens is 2. The number of benzene rings is 1. The van der Waals surface area contributed by atoms with Crippen molar-refractivity contribution in [1.29, 1.82) is 0 Å². The van der Waals surface area contributed by atoms with E-state index in [9.17, 15) is 0 Å². The molecular weight excluding hydrogens is 373 g/mol. The van der Waals surface area contributed by atoms with E-state index in [4.69, 9.17) is 40.7 Å². The van der Waals surface area contributed by atoms with Crippen molar-refractivity contribution in [2.75, 3.05) is 6.54 Å². The molecule has 0 aliphatic carbocycles. The molecule has 4 rings (SSSR count). The van der Waals surface area contributed by atoms with Crippen LogP contribution in [0, 0.1) is 11.8 Å². The third-order valence-electron chi connectivity index (χ3n) is 5.65. The van der Waals surface area contributed by atoms with Crippen LogP contribution in [0.15, 0.2) is 18.2 Å². The van der Waals surface area contributed by atoms with Crippen LogP contribution in [0.1, 0.15) is 37.7 Å². The van der Waals surface area contributed by atoms with E-state index in [1.165, 1.54) is 31.4 Å². The fourth-order valence-corrected chi connectivity index (χ4v) is 5.27. The highest BCUT2D eigenvalue weighted by atomic mass is 35.5. The molecule has 3 aliphatic rings. The Kier molecular flexibility index (Phi) is 5.17. The average Bonchev–Trinajstić information content (AvgIpc) is 2.85. The normalized spacial score (nSPS) is 37.0. The molecule has 134 valence electrons. The van der Waals surface area contributed by atoms with Crippen molar-refractivity contribution in [2.45, 2.75) is 44.2 Å². The van der Waals surface area contributed by atoms with Gasteiger partial charge >= 0.3 is 10.4 Å². The Balaban J connectivity index is 0.000000300. The molecule has 2 unspecified atom stereocenters. The van der Waals surface area contributed by atoms with E-state index in [0.29, 0.717) is 16.0 Å². The van der Waals surface area contributed by atoms with Gasteiger partial charge in [0.25, 0.3) is 0 Å². The van der Waals surface area contributed by atoms with Gasteiger partial charge in [-0.1, -0.05) is 36.2 Å². The first-order valence-electron chi connectivity index (χ1n) is 8.05. The van der Waals surface area contributed by atoms with Crippen molar-refractivity contribution in [3.8, 4) is 0 Å². The summed E-state index contributed by atoms with van der Waals surface area (Å²) >= 11 is 12.3. The molecule has 0 saturated carbocycles. The second-order valence-corrected chi connectivity index (χ2v) is 8.72. The molecule has 3 heterocycles. The molecule has 0 radical (unpaired) electrons. The standard InChI is InChI=1S/C16H19Cl2N.H2O4S/c1-9-8-19-11-3-5-15(19)16(9)12(7-11)10-2-4-13(17)14(18)6-10;1-5(2,3)4/h2,4,6,9,11-12,15-16H,3,5,7-8H2,1H3;(H2,1,2,3,4)/t9?,11-,12+,15+,16+;/m0./s1. The van der Waals surface area contributed by atoms with E-state index in [1.807, 2.05) is 6.07 Å². The monoisotopic (exact) mass is 393 g/mol. The van der Waals surface area contributed by atoms with E-state index >= 15 is 0 Å². The summed E-state index contributed by atoms with van der Waals surface area (Å²) in [5.74, 6) is 2.31. The van der Waals surface area contributed by atoms with E-state index in [1.54, 1.807) is 0 Å². The van der Waals surface area contributed by atoms with Gasteiger partial charge in [0, 0.05) is 18.6 Å². The van der Waals surface area contributed by atoms with Gasteiger partial charge in [0.1, 0.15) is 0 Å². The molecular formula is C16H21Cl2NO4S. The van der Waals surface area contributed by atoms with Crippen LogP contribution in [0.25, 0.3) is 0 Å². The molecule has 3 aliphatic heterocycles. The van der Waals surface area contributed by atoms with Gasteiger partial charge in [0.2, 0.25) is 0 Å². The lowest BCUT2D eigenvalue weighted by Crippen LogP contribution is -2.40. The Morgan fingerprint density at radius 2 is 1.83 bits per heavy atom. The number of hydrogen-bond acceptors (Lipinski definition) is 3. The molecule has 8 heteroatoms. The molecule has 3 saturated heterocycles. The highest BCUT2D eigenvalue weighted by Gasteiger charge is 2.54. The van der Waals surface area contributed by atoms with Gasteiger partial charge in [0.05, 0.1) is 10.0 Å². The van der Waals surface area contributed by atoms with Gasteiger partial charge in [-0.2, -0.15) is 8.42 Å². The fraction of sp³-hybridized carbons (Fsp3) is 0.625. The highest BCUT2D eigenvalue weighted by Crippen LogP contribution is 2.54. The van der Waals surface area contributed by atoms with Crippen LogP contribution in [0.3, 0.4) is 0 Å². The summed E-state index contributed by atoms with van der Waals surface area (Å²) in [6.45, 7) is 3.73. The summed E-state index contributed by atoms with van der Waals surface area (Å²) in [6, 6.07) is 7.90. The predicted molar refractivity (Wildman–Crippen MR) is 94.2 cm³/mol. The first kappa shape index (κ1) is 18.4. The summed E-state index contributed by atoms with van der Waals surface area (Å²) in [5.41, 5.74) is 1.41. The zero-order valence-electron chi connectivity index (χ0n) is 13.3. The van der Waals surface area contributed by atoms with Crippen molar-refractivity contribution in [1.82, 2.24) is 4.90 Å². The van der Waals surface area contributed by atoms with Crippen LogP contribution in [0.4, 0.5) is 0 Å². The Morgan fingerprint density at radius 1 is 1.17 bits per heavy atom. The minimum atomic E-state index is -4.67. The third-order valence-corrected chi connectivity index (χ3v) is 6.39. The van der Waals surface area contributed by atoms with Crippen molar-refractivity contribution >= 4 is 33.6 Å². The maximum atomic E-state index is 8.74. The van der Waals surface area contributed by atoms with Crippen molar-refractivity contribution in [3.63, 3.8) is 0 Å². The molecule has 5 nitrogen and oxygen atoms in total. The van der Waals surface area contributed by atoms with E-state index < -0.39 is 10.4 Å². The minimum Gasteiger partial charge on any atom is -0.297 e. The highest BCUT2D eigenvalue weighted by molar-refractivity contribution is 7.79. The lowest BCUT2D eigenvalue weighted by Gasteiger charge is -2.38. The second kappa shape index (κ2) is 6.74. The van der Waals surface area contributed by atoms with Crippen LogP contribution in [-0.4, -0.2) is 41.1 Å². The second-order valence-electron chi connectivity index (χ2n) is 7.01. The number of rotatable bonds is 1. The maximum absolute atomic E-state index is 8.74. The predicted octanol–water partition coefficient (Wildman–Crippen LogP) is 3.93. The summed E-state index contributed by atoms with van der Waals surface area (Å²) < 4.78 is 31.6. The lowest BCUT2D eigenvalue weighted by atomic mass is 9.74. The third kappa shape index (κ3) is 3.74. The number of hydrogen-bond donors (Lipinski definition) is 2. The summed E-state index contributed by atoms with van der Waals surface area (Å²) in [5, 5.41) is 1.38. The van der Waals surface area contributed by atoms with Gasteiger partial charge in [-0.3, -0.25) is 14.0 Å². The zero-order chi connectivity index (χ0) is 17.6. The molecule has 2 N–H and O–H groups in total. The largest absolute Gasteiger partial charge is 0.394 e. The Hall–Kier alpha value is -0.370. The molecule has 1 aromatic carbocycles. The molecule has 0 amide bonds. The summed E-state index contributed by atoms with van der Waals surface area (Å²) in [4.78, 5) is 2.78. The average molecular weight is 394 g/mol.